The van der Waals surface area contributed by atoms with Crippen LogP contribution in [-0.4, -0.2) is 16.8 Å². The van der Waals surface area contributed by atoms with E-state index in [1.54, 1.807) is 0 Å². The largest absolute Gasteiger partial charge is 0.384 e. The number of hydrogen-bond acceptors (Lipinski definition) is 2. The fourth-order valence-electron chi connectivity index (χ4n) is 1.84. The van der Waals surface area contributed by atoms with E-state index in [1.165, 1.54) is 0 Å². The van der Waals surface area contributed by atoms with Crippen molar-refractivity contribution >= 4 is 0 Å². The standard InChI is InChI=1S/C16H14O2/c17-13-7-12-16(18,14-8-3-1-4-9-14)15-10-5-2-6-11-15/h1-6,8-11,17-18H,13H2. The number of aliphatic hydroxyl groups excluding tert-OH is 1. The zero-order valence-corrected chi connectivity index (χ0v) is 9.88. The summed E-state index contributed by atoms with van der Waals surface area (Å²) in [6.45, 7) is -0.276. The zero-order valence-electron chi connectivity index (χ0n) is 9.88. The van der Waals surface area contributed by atoms with Gasteiger partial charge in [0.15, 0.2) is 5.60 Å². The van der Waals surface area contributed by atoms with Gasteiger partial charge in [-0.05, 0) is 0 Å². The lowest BCUT2D eigenvalue weighted by atomic mass is 9.87. The van der Waals surface area contributed by atoms with Crippen LogP contribution in [0.4, 0.5) is 0 Å². The quantitative estimate of drug-likeness (QED) is 0.785. The Kier molecular flexibility index (Phi) is 3.78. The molecule has 0 unspecified atom stereocenters. The molecule has 2 rings (SSSR count). The lowest BCUT2D eigenvalue weighted by Gasteiger charge is -2.23. The summed E-state index contributed by atoms with van der Waals surface area (Å²) in [6.07, 6.45) is 0. The molecule has 2 N–H and O–H groups in total. The minimum absolute atomic E-state index is 0.276. The monoisotopic (exact) mass is 238 g/mol. The molecule has 0 bridgehead atoms. The average Bonchev–Trinajstić information content (AvgIpc) is 2.46. The third kappa shape index (κ3) is 2.43. The Labute approximate surface area is 107 Å². The highest BCUT2D eigenvalue weighted by molar-refractivity contribution is 5.44. The molecule has 0 aliphatic carbocycles. The highest BCUT2D eigenvalue weighted by Crippen LogP contribution is 2.28. The first-order valence-corrected chi connectivity index (χ1v) is 5.71. The van der Waals surface area contributed by atoms with Crippen LogP contribution >= 0.6 is 0 Å². The summed E-state index contributed by atoms with van der Waals surface area (Å²) >= 11 is 0. The second kappa shape index (κ2) is 5.50. The second-order valence-corrected chi connectivity index (χ2v) is 3.90. The minimum atomic E-state index is -1.38. The van der Waals surface area contributed by atoms with Crippen molar-refractivity contribution in [3.05, 3.63) is 71.8 Å². The summed E-state index contributed by atoms with van der Waals surface area (Å²) in [6, 6.07) is 18.4. The van der Waals surface area contributed by atoms with Crippen molar-refractivity contribution in [2.75, 3.05) is 6.61 Å². The van der Waals surface area contributed by atoms with Crippen LogP contribution in [0.2, 0.25) is 0 Å². The van der Waals surface area contributed by atoms with Crippen molar-refractivity contribution in [1.82, 2.24) is 0 Å². The van der Waals surface area contributed by atoms with E-state index in [0.29, 0.717) is 11.1 Å². The summed E-state index contributed by atoms with van der Waals surface area (Å²) < 4.78 is 0. The fraction of sp³-hybridized carbons (Fsp3) is 0.125. The summed E-state index contributed by atoms with van der Waals surface area (Å²) in [5.41, 5.74) is -0.0000694. The molecule has 2 heteroatoms. The Bertz CT molecular complexity index is 510. The second-order valence-electron chi connectivity index (χ2n) is 3.90. The van der Waals surface area contributed by atoms with Gasteiger partial charge in [-0.1, -0.05) is 72.5 Å². The number of rotatable bonds is 2. The molecule has 0 saturated heterocycles. The summed E-state index contributed by atoms with van der Waals surface area (Å²) in [4.78, 5) is 0. The van der Waals surface area contributed by atoms with Crippen LogP contribution in [0.25, 0.3) is 0 Å². The van der Waals surface area contributed by atoms with Crippen LogP contribution in [0.15, 0.2) is 60.7 Å². The van der Waals surface area contributed by atoms with E-state index < -0.39 is 5.60 Å². The Morgan fingerprint density at radius 2 is 1.28 bits per heavy atom. The van der Waals surface area contributed by atoms with Gasteiger partial charge in [0.1, 0.15) is 6.61 Å². The molecule has 0 spiro atoms. The third-order valence-corrected chi connectivity index (χ3v) is 2.73. The SMILES string of the molecule is OCC#CC(O)(c1ccccc1)c1ccccc1. The highest BCUT2D eigenvalue weighted by atomic mass is 16.3. The van der Waals surface area contributed by atoms with Gasteiger partial charge in [0.25, 0.3) is 0 Å². The molecule has 0 aromatic heterocycles. The molecule has 2 aromatic rings. The molecular weight excluding hydrogens is 224 g/mol. The van der Waals surface area contributed by atoms with E-state index in [0.717, 1.165) is 0 Å². The Balaban J connectivity index is 2.55. The van der Waals surface area contributed by atoms with E-state index >= 15 is 0 Å². The van der Waals surface area contributed by atoms with Gasteiger partial charge >= 0.3 is 0 Å². The maximum atomic E-state index is 10.8. The molecular formula is C16H14O2. The van der Waals surface area contributed by atoms with Crippen LogP contribution in [0.3, 0.4) is 0 Å². The van der Waals surface area contributed by atoms with E-state index in [2.05, 4.69) is 11.8 Å². The Hall–Kier alpha value is -2.08. The van der Waals surface area contributed by atoms with Gasteiger partial charge < -0.3 is 10.2 Å². The van der Waals surface area contributed by atoms with Gasteiger partial charge in [-0.25, -0.2) is 0 Å². The lowest BCUT2D eigenvalue weighted by Crippen LogP contribution is -2.25. The van der Waals surface area contributed by atoms with Crippen molar-refractivity contribution in [3.8, 4) is 11.8 Å². The van der Waals surface area contributed by atoms with Crippen LogP contribution in [0, 0.1) is 11.8 Å². The summed E-state index contributed by atoms with van der Waals surface area (Å²) in [5, 5.41) is 19.6. The first-order valence-electron chi connectivity index (χ1n) is 5.71. The maximum absolute atomic E-state index is 10.8. The van der Waals surface area contributed by atoms with Crippen LogP contribution < -0.4 is 0 Å². The van der Waals surface area contributed by atoms with Gasteiger partial charge in [-0.2, -0.15) is 0 Å². The predicted molar refractivity (Wildman–Crippen MR) is 70.7 cm³/mol. The smallest absolute Gasteiger partial charge is 0.176 e. The van der Waals surface area contributed by atoms with E-state index in [-0.39, 0.29) is 6.61 Å². The van der Waals surface area contributed by atoms with Crippen molar-refractivity contribution in [2.45, 2.75) is 5.60 Å². The molecule has 0 atom stereocenters. The molecule has 0 radical (unpaired) electrons. The molecule has 2 aromatic carbocycles. The van der Waals surface area contributed by atoms with Crippen molar-refractivity contribution < 1.29 is 10.2 Å². The van der Waals surface area contributed by atoms with Gasteiger partial charge in [0, 0.05) is 11.1 Å². The predicted octanol–water partition coefficient (Wildman–Crippen LogP) is 1.92. The lowest BCUT2D eigenvalue weighted by molar-refractivity contribution is 0.145. The Morgan fingerprint density at radius 3 is 1.67 bits per heavy atom. The van der Waals surface area contributed by atoms with Gasteiger partial charge in [0.2, 0.25) is 0 Å². The molecule has 0 aliphatic rings. The fourth-order valence-corrected chi connectivity index (χ4v) is 1.84. The van der Waals surface area contributed by atoms with E-state index in [4.69, 9.17) is 5.11 Å². The molecule has 0 amide bonds. The molecule has 0 saturated carbocycles. The van der Waals surface area contributed by atoms with Crippen molar-refractivity contribution in [2.24, 2.45) is 0 Å². The Morgan fingerprint density at radius 1 is 0.833 bits per heavy atom. The number of aliphatic hydroxyl groups is 2. The number of benzene rings is 2. The maximum Gasteiger partial charge on any atom is 0.176 e. The molecule has 0 aliphatic heterocycles. The molecule has 90 valence electrons. The van der Waals surface area contributed by atoms with Crippen molar-refractivity contribution in [1.29, 1.82) is 0 Å². The first kappa shape index (κ1) is 12.4. The van der Waals surface area contributed by atoms with Gasteiger partial charge in [0.05, 0.1) is 0 Å². The number of hydrogen-bond donors (Lipinski definition) is 2. The van der Waals surface area contributed by atoms with Gasteiger partial charge in [-0.3, -0.25) is 0 Å². The third-order valence-electron chi connectivity index (χ3n) is 2.73. The topological polar surface area (TPSA) is 40.5 Å². The normalized spacial score (nSPS) is 10.6. The van der Waals surface area contributed by atoms with Gasteiger partial charge in [-0.15, -0.1) is 0 Å². The summed E-state index contributed by atoms with van der Waals surface area (Å²) in [5.74, 6) is 5.28. The van der Waals surface area contributed by atoms with Crippen molar-refractivity contribution in [3.63, 3.8) is 0 Å². The highest BCUT2D eigenvalue weighted by Gasteiger charge is 2.28. The van der Waals surface area contributed by atoms with E-state index in [1.807, 2.05) is 60.7 Å². The molecule has 2 nitrogen and oxygen atoms in total. The zero-order chi connectivity index (χ0) is 12.8. The van der Waals surface area contributed by atoms with Crippen LogP contribution in [0.5, 0.6) is 0 Å². The van der Waals surface area contributed by atoms with E-state index in [9.17, 15) is 5.11 Å². The molecule has 0 heterocycles. The molecule has 18 heavy (non-hydrogen) atoms. The minimum Gasteiger partial charge on any atom is -0.384 e. The molecule has 0 fully saturated rings. The summed E-state index contributed by atoms with van der Waals surface area (Å²) in [7, 11) is 0. The average molecular weight is 238 g/mol. The van der Waals surface area contributed by atoms with Crippen LogP contribution in [0.1, 0.15) is 11.1 Å². The van der Waals surface area contributed by atoms with Crippen LogP contribution in [-0.2, 0) is 5.60 Å². The first-order chi connectivity index (χ1) is 8.77.